The Hall–Kier alpha value is -0.630. The summed E-state index contributed by atoms with van der Waals surface area (Å²) >= 11 is 3.72. The summed E-state index contributed by atoms with van der Waals surface area (Å²) in [6, 6.07) is 10.6. The summed E-state index contributed by atoms with van der Waals surface area (Å²) in [7, 11) is 0. The minimum Gasteiger partial charge on any atom is -0.298 e. The number of rotatable bonds is 1. The second-order valence-corrected chi connectivity index (χ2v) is 7.44. The molecule has 2 saturated carbocycles. The van der Waals surface area contributed by atoms with E-state index in [4.69, 9.17) is 0 Å². The number of fused-ring (bicyclic) bond motifs is 2. The lowest BCUT2D eigenvalue weighted by molar-refractivity contribution is -0.127. The van der Waals surface area contributed by atoms with E-state index in [1.165, 1.54) is 5.56 Å². The monoisotopic (exact) mass is 306 g/mol. The molecule has 2 fully saturated rings. The van der Waals surface area contributed by atoms with Crippen molar-refractivity contribution in [1.82, 2.24) is 0 Å². The maximum atomic E-state index is 12.6. The average Bonchev–Trinajstić information content (AvgIpc) is 2.63. The van der Waals surface area contributed by atoms with Gasteiger partial charge >= 0.3 is 0 Å². The van der Waals surface area contributed by atoms with Gasteiger partial charge in [-0.1, -0.05) is 67.0 Å². The molecule has 0 amide bonds. The van der Waals surface area contributed by atoms with Gasteiger partial charge in [0.2, 0.25) is 0 Å². The van der Waals surface area contributed by atoms with Crippen LogP contribution < -0.4 is 0 Å². The molecule has 0 heterocycles. The first-order valence-electron chi connectivity index (χ1n) is 6.62. The summed E-state index contributed by atoms with van der Waals surface area (Å²) in [5.41, 5.74) is 1.09. The number of benzene rings is 1. The molecule has 3 atom stereocenters. The van der Waals surface area contributed by atoms with Crippen molar-refractivity contribution < 1.29 is 4.79 Å². The van der Waals surface area contributed by atoms with Gasteiger partial charge in [0, 0.05) is 10.8 Å². The highest BCUT2D eigenvalue weighted by atomic mass is 79.9. The fraction of sp³-hybridized carbons (Fsp3) is 0.562. The molecule has 96 valence electrons. The Kier molecular flexibility index (Phi) is 2.39. The molecule has 0 radical (unpaired) electrons. The molecule has 0 spiro atoms. The number of halogens is 1. The number of hydrogen-bond donors (Lipinski definition) is 0. The van der Waals surface area contributed by atoms with Crippen LogP contribution in [0.4, 0.5) is 0 Å². The zero-order chi connectivity index (χ0) is 13.2. The summed E-state index contributed by atoms with van der Waals surface area (Å²) in [5.74, 6) is 0.391. The zero-order valence-electron chi connectivity index (χ0n) is 11.2. The van der Waals surface area contributed by atoms with Gasteiger partial charge in [-0.3, -0.25) is 4.79 Å². The van der Waals surface area contributed by atoms with Gasteiger partial charge < -0.3 is 0 Å². The Morgan fingerprint density at radius 1 is 1.11 bits per heavy atom. The van der Waals surface area contributed by atoms with Crippen molar-refractivity contribution >= 4 is 21.7 Å². The predicted octanol–water partition coefficient (Wildman–Crippen LogP) is 4.10. The van der Waals surface area contributed by atoms with Crippen molar-refractivity contribution in [3.8, 4) is 0 Å². The first-order chi connectivity index (χ1) is 8.38. The van der Waals surface area contributed by atoms with E-state index in [-0.39, 0.29) is 21.1 Å². The molecule has 0 aromatic heterocycles. The normalized spacial score (nSPS) is 41.3. The minimum atomic E-state index is -0.184. The molecule has 3 rings (SSSR count). The summed E-state index contributed by atoms with van der Waals surface area (Å²) in [6.45, 7) is 6.69. The van der Waals surface area contributed by atoms with Crippen LogP contribution >= 0.6 is 15.9 Å². The molecule has 2 bridgehead atoms. The topological polar surface area (TPSA) is 17.1 Å². The lowest BCUT2D eigenvalue weighted by Crippen LogP contribution is -2.41. The second-order valence-electron chi connectivity index (χ2n) is 6.52. The lowest BCUT2D eigenvalue weighted by Gasteiger charge is -2.41. The number of ketones is 1. The SMILES string of the molecule is CC1(C)[C@@]2(C)CC[C@@]1(c1ccccc1)[C@@H](Br)C2=O. The molecule has 0 unspecified atom stereocenters. The van der Waals surface area contributed by atoms with Crippen molar-refractivity contribution in [2.75, 3.05) is 0 Å². The summed E-state index contributed by atoms with van der Waals surface area (Å²) in [6.07, 6.45) is 2.11. The zero-order valence-corrected chi connectivity index (χ0v) is 12.8. The van der Waals surface area contributed by atoms with Crippen LogP contribution in [0.25, 0.3) is 0 Å². The first kappa shape index (κ1) is 12.4. The molecule has 1 aromatic rings. The van der Waals surface area contributed by atoms with E-state index in [1.807, 2.05) is 6.07 Å². The van der Waals surface area contributed by atoms with E-state index >= 15 is 0 Å². The van der Waals surface area contributed by atoms with Crippen molar-refractivity contribution in [2.24, 2.45) is 10.8 Å². The molecule has 1 nitrogen and oxygen atoms in total. The Morgan fingerprint density at radius 3 is 2.22 bits per heavy atom. The number of hydrogen-bond acceptors (Lipinski definition) is 1. The maximum absolute atomic E-state index is 12.6. The van der Waals surface area contributed by atoms with Gasteiger partial charge in [-0.25, -0.2) is 0 Å². The van der Waals surface area contributed by atoms with Crippen molar-refractivity contribution in [2.45, 2.75) is 43.9 Å². The average molecular weight is 307 g/mol. The van der Waals surface area contributed by atoms with Crippen LogP contribution in [-0.2, 0) is 10.2 Å². The molecule has 2 heteroatoms. The third-order valence-electron chi connectivity index (χ3n) is 6.01. The quantitative estimate of drug-likeness (QED) is 0.714. The fourth-order valence-electron chi connectivity index (χ4n) is 4.33. The van der Waals surface area contributed by atoms with Crippen molar-refractivity contribution in [3.63, 3.8) is 0 Å². The van der Waals surface area contributed by atoms with Crippen LogP contribution in [0.5, 0.6) is 0 Å². The predicted molar refractivity (Wildman–Crippen MR) is 77.0 cm³/mol. The van der Waals surface area contributed by atoms with Gasteiger partial charge in [0.05, 0.1) is 4.83 Å². The van der Waals surface area contributed by atoms with Crippen molar-refractivity contribution in [3.05, 3.63) is 35.9 Å². The number of Topliss-reactive ketones (excluding diaryl/α,β-unsaturated/α-hetero) is 1. The van der Waals surface area contributed by atoms with Gasteiger partial charge in [0.1, 0.15) is 0 Å². The number of carbonyl (C=O) groups is 1. The Labute approximate surface area is 117 Å². The van der Waals surface area contributed by atoms with Crippen LogP contribution in [0, 0.1) is 10.8 Å². The van der Waals surface area contributed by atoms with E-state index in [0.717, 1.165) is 12.8 Å². The highest BCUT2D eigenvalue weighted by molar-refractivity contribution is 9.10. The molecular weight excluding hydrogens is 288 g/mol. The maximum Gasteiger partial charge on any atom is 0.153 e. The highest BCUT2D eigenvalue weighted by Gasteiger charge is 2.74. The molecule has 0 saturated heterocycles. The van der Waals surface area contributed by atoms with Crippen LogP contribution in [-0.4, -0.2) is 10.6 Å². The van der Waals surface area contributed by atoms with Gasteiger partial charge in [-0.05, 0) is 23.8 Å². The largest absolute Gasteiger partial charge is 0.298 e. The van der Waals surface area contributed by atoms with Crippen molar-refractivity contribution in [1.29, 1.82) is 0 Å². The Bertz CT molecular complexity index is 507. The van der Waals surface area contributed by atoms with E-state index in [2.05, 4.69) is 61.0 Å². The highest BCUT2D eigenvalue weighted by Crippen LogP contribution is 2.72. The standard InChI is InChI=1S/C16H19BrO/c1-14(2)15(3)9-10-16(14,12(17)13(15)18)11-7-5-4-6-8-11/h4-8,12H,9-10H2,1-3H3/t12-,15-,16+/m0/s1. The molecule has 18 heavy (non-hydrogen) atoms. The van der Waals surface area contributed by atoms with E-state index in [1.54, 1.807) is 0 Å². The van der Waals surface area contributed by atoms with E-state index < -0.39 is 0 Å². The first-order valence-corrected chi connectivity index (χ1v) is 7.53. The molecule has 2 aliphatic carbocycles. The number of carbonyl (C=O) groups excluding carboxylic acids is 1. The summed E-state index contributed by atoms with van der Waals surface area (Å²) in [5, 5.41) is 0. The second kappa shape index (κ2) is 3.47. The smallest absolute Gasteiger partial charge is 0.153 e. The molecule has 2 aliphatic rings. The molecule has 1 aromatic carbocycles. The van der Waals surface area contributed by atoms with Gasteiger partial charge in [0.25, 0.3) is 0 Å². The fourth-order valence-corrected chi connectivity index (χ4v) is 5.90. The van der Waals surface area contributed by atoms with Crippen LogP contribution in [0.15, 0.2) is 30.3 Å². The van der Waals surface area contributed by atoms with E-state index in [0.29, 0.717) is 5.78 Å². The van der Waals surface area contributed by atoms with Gasteiger partial charge in [-0.2, -0.15) is 0 Å². The number of alkyl halides is 1. The Morgan fingerprint density at radius 2 is 1.72 bits per heavy atom. The summed E-state index contributed by atoms with van der Waals surface area (Å²) in [4.78, 5) is 12.6. The third-order valence-corrected chi connectivity index (χ3v) is 7.21. The van der Waals surface area contributed by atoms with Gasteiger partial charge in [0.15, 0.2) is 5.78 Å². The van der Waals surface area contributed by atoms with Crippen LogP contribution in [0.1, 0.15) is 39.2 Å². The molecular formula is C16H19BrO. The van der Waals surface area contributed by atoms with Gasteiger partial charge in [-0.15, -0.1) is 0 Å². The van der Waals surface area contributed by atoms with Crippen LogP contribution in [0.2, 0.25) is 0 Å². The Balaban J connectivity index is 2.26. The lowest BCUT2D eigenvalue weighted by atomic mass is 9.62. The van der Waals surface area contributed by atoms with E-state index in [9.17, 15) is 4.79 Å². The summed E-state index contributed by atoms with van der Waals surface area (Å²) < 4.78 is 0. The molecule has 0 aliphatic heterocycles. The third kappa shape index (κ3) is 1.07. The molecule has 0 N–H and O–H groups in total. The minimum absolute atomic E-state index is 0.00655. The van der Waals surface area contributed by atoms with Crippen LogP contribution in [0.3, 0.4) is 0 Å².